The first-order chi connectivity index (χ1) is 12.5. The van der Waals surface area contributed by atoms with E-state index in [4.69, 9.17) is 16.3 Å². The molecule has 1 aromatic heterocycles. The van der Waals surface area contributed by atoms with Crippen molar-refractivity contribution in [2.75, 3.05) is 19.7 Å². The number of carbonyl (C=O) groups is 1. The van der Waals surface area contributed by atoms with Crippen LogP contribution in [0.3, 0.4) is 0 Å². The number of aryl methyl sites for hydroxylation is 1. The van der Waals surface area contributed by atoms with E-state index in [2.05, 4.69) is 10.00 Å². The number of piperidine rings is 1. The zero-order valence-electron chi connectivity index (χ0n) is 15.4. The first-order valence-electron chi connectivity index (χ1n) is 9.12. The third-order valence-corrected chi connectivity index (χ3v) is 5.20. The van der Waals surface area contributed by atoms with Crippen LogP contribution in [0.4, 0.5) is 0 Å². The number of hydrogen-bond acceptors (Lipinski definition) is 4. The van der Waals surface area contributed by atoms with Crippen molar-refractivity contribution in [3.63, 3.8) is 0 Å². The van der Waals surface area contributed by atoms with Gasteiger partial charge in [-0.2, -0.15) is 5.10 Å². The molecule has 1 aliphatic heterocycles. The lowest BCUT2D eigenvalue weighted by Gasteiger charge is -2.41. The van der Waals surface area contributed by atoms with Gasteiger partial charge in [0.2, 0.25) is 0 Å². The SMILES string of the molecule is CCOC(=O)C1(Cc2cccc(Cl)c2)CCCN(Cc2cnn(C)c2)C1. The highest BCUT2D eigenvalue weighted by molar-refractivity contribution is 6.30. The van der Waals surface area contributed by atoms with Crippen LogP contribution in [0.1, 0.15) is 30.9 Å². The zero-order valence-corrected chi connectivity index (χ0v) is 16.2. The van der Waals surface area contributed by atoms with E-state index in [1.807, 2.05) is 55.3 Å². The minimum Gasteiger partial charge on any atom is -0.466 e. The molecule has 2 aromatic rings. The topological polar surface area (TPSA) is 47.4 Å². The van der Waals surface area contributed by atoms with Crippen molar-refractivity contribution in [2.24, 2.45) is 12.5 Å². The molecule has 0 radical (unpaired) electrons. The Morgan fingerprint density at radius 3 is 2.92 bits per heavy atom. The first-order valence-corrected chi connectivity index (χ1v) is 9.50. The lowest BCUT2D eigenvalue weighted by atomic mass is 9.75. The Hall–Kier alpha value is -1.85. The van der Waals surface area contributed by atoms with E-state index in [9.17, 15) is 4.79 Å². The molecule has 1 saturated heterocycles. The average Bonchev–Trinajstić information content (AvgIpc) is 3.00. The fourth-order valence-electron chi connectivity index (χ4n) is 3.88. The molecule has 5 nitrogen and oxygen atoms in total. The fourth-order valence-corrected chi connectivity index (χ4v) is 4.09. The molecule has 1 atom stereocenters. The molecule has 140 valence electrons. The van der Waals surface area contributed by atoms with Crippen LogP contribution in [-0.4, -0.2) is 40.3 Å². The van der Waals surface area contributed by atoms with Crippen LogP contribution in [-0.2, 0) is 29.5 Å². The molecule has 0 bridgehead atoms. The van der Waals surface area contributed by atoms with E-state index < -0.39 is 5.41 Å². The van der Waals surface area contributed by atoms with E-state index in [0.29, 0.717) is 24.6 Å². The maximum absolute atomic E-state index is 12.9. The van der Waals surface area contributed by atoms with Crippen LogP contribution in [0.5, 0.6) is 0 Å². The van der Waals surface area contributed by atoms with Crippen molar-refractivity contribution in [1.29, 1.82) is 0 Å². The number of esters is 1. The Labute approximate surface area is 159 Å². The number of carbonyl (C=O) groups excluding carboxylic acids is 1. The molecular formula is C20H26ClN3O2. The van der Waals surface area contributed by atoms with Gasteiger partial charge >= 0.3 is 5.97 Å². The number of aromatic nitrogens is 2. The second-order valence-electron chi connectivity index (χ2n) is 7.14. The van der Waals surface area contributed by atoms with Gasteiger partial charge in [0, 0.05) is 36.9 Å². The standard InChI is InChI=1S/C20H26ClN3O2/c1-3-26-19(25)20(11-16-6-4-7-18(21)10-16)8-5-9-24(15-20)14-17-12-22-23(2)13-17/h4,6-7,10,12-13H,3,5,8-9,11,14-15H2,1-2H3. The van der Waals surface area contributed by atoms with Gasteiger partial charge in [-0.3, -0.25) is 14.4 Å². The predicted octanol–water partition coefficient (Wildman–Crippen LogP) is 3.46. The van der Waals surface area contributed by atoms with Crippen LogP contribution < -0.4 is 0 Å². The number of rotatable bonds is 6. The van der Waals surface area contributed by atoms with Crippen molar-refractivity contribution < 1.29 is 9.53 Å². The van der Waals surface area contributed by atoms with Gasteiger partial charge in [-0.1, -0.05) is 23.7 Å². The zero-order chi connectivity index (χ0) is 18.6. The Bertz CT molecular complexity index is 761. The summed E-state index contributed by atoms with van der Waals surface area (Å²) >= 11 is 6.15. The number of ether oxygens (including phenoxy) is 1. The van der Waals surface area contributed by atoms with E-state index in [-0.39, 0.29) is 5.97 Å². The van der Waals surface area contributed by atoms with Crippen LogP contribution in [0.2, 0.25) is 5.02 Å². The number of benzene rings is 1. The Morgan fingerprint density at radius 1 is 1.38 bits per heavy atom. The highest BCUT2D eigenvalue weighted by Crippen LogP contribution is 2.36. The molecule has 3 rings (SSSR count). The van der Waals surface area contributed by atoms with Gasteiger partial charge in [-0.15, -0.1) is 0 Å². The molecule has 2 heterocycles. The first kappa shape index (κ1) is 18.9. The van der Waals surface area contributed by atoms with Gasteiger partial charge in [0.1, 0.15) is 0 Å². The highest BCUT2D eigenvalue weighted by atomic mass is 35.5. The predicted molar refractivity (Wildman–Crippen MR) is 102 cm³/mol. The molecule has 0 saturated carbocycles. The van der Waals surface area contributed by atoms with E-state index in [0.717, 1.165) is 37.1 Å². The number of hydrogen-bond donors (Lipinski definition) is 0. The normalized spacial score (nSPS) is 20.9. The Morgan fingerprint density at radius 2 is 2.23 bits per heavy atom. The van der Waals surface area contributed by atoms with E-state index in [1.165, 1.54) is 0 Å². The van der Waals surface area contributed by atoms with E-state index in [1.54, 1.807) is 0 Å². The number of nitrogens with zero attached hydrogens (tertiary/aromatic N) is 3. The largest absolute Gasteiger partial charge is 0.466 e. The quantitative estimate of drug-likeness (QED) is 0.725. The summed E-state index contributed by atoms with van der Waals surface area (Å²) in [6.07, 6.45) is 6.37. The molecule has 1 fully saturated rings. The molecule has 1 aliphatic rings. The monoisotopic (exact) mass is 375 g/mol. The third kappa shape index (κ3) is 4.46. The second kappa shape index (κ2) is 8.23. The van der Waals surface area contributed by atoms with Gasteiger partial charge in [-0.05, 0) is 50.4 Å². The summed E-state index contributed by atoms with van der Waals surface area (Å²) in [6.45, 7) is 4.73. The molecule has 0 N–H and O–H groups in total. The molecule has 6 heteroatoms. The van der Waals surface area contributed by atoms with Crippen molar-refractivity contribution in [1.82, 2.24) is 14.7 Å². The summed E-state index contributed by atoms with van der Waals surface area (Å²) in [7, 11) is 1.92. The summed E-state index contributed by atoms with van der Waals surface area (Å²) in [6, 6.07) is 7.78. The molecule has 0 spiro atoms. The maximum Gasteiger partial charge on any atom is 0.313 e. The van der Waals surface area contributed by atoms with Crippen LogP contribution in [0.25, 0.3) is 0 Å². The molecule has 0 amide bonds. The summed E-state index contributed by atoms with van der Waals surface area (Å²) < 4.78 is 7.28. The molecule has 0 aliphatic carbocycles. The minimum absolute atomic E-state index is 0.101. The fraction of sp³-hybridized carbons (Fsp3) is 0.500. The van der Waals surface area contributed by atoms with Crippen molar-refractivity contribution in [2.45, 2.75) is 32.7 Å². The van der Waals surface area contributed by atoms with Gasteiger partial charge in [0.25, 0.3) is 0 Å². The lowest BCUT2D eigenvalue weighted by molar-refractivity contribution is -0.159. The summed E-state index contributed by atoms with van der Waals surface area (Å²) in [5.74, 6) is -0.101. The molecule has 26 heavy (non-hydrogen) atoms. The van der Waals surface area contributed by atoms with Gasteiger partial charge < -0.3 is 4.74 Å². The Balaban J connectivity index is 1.81. The highest BCUT2D eigenvalue weighted by Gasteiger charge is 2.43. The minimum atomic E-state index is -0.527. The van der Waals surface area contributed by atoms with Crippen LogP contribution >= 0.6 is 11.6 Å². The lowest BCUT2D eigenvalue weighted by Crippen LogP contribution is -2.49. The van der Waals surface area contributed by atoms with Crippen molar-refractivity contribution in [3.05, 3.63) is 52.8 Å². The number of halogens is 1. The van der Waals surface area contributed by atoms with Crippen molar-refractivity contribution in [3.8, 4) is 0 Å². The second-order valence-corrected chi connectivity index (χ2v) is 7.58. The van der Waals surface area contributed by atoms with Crippen molar-refractivity contribution >= 4 is 17.6 Å². The van der Waals surface area contributed by atoms with E-state index >= 15 is 0 Å². The summed E-state index contributed by atoms with van der Waals surface area (Å²) in [5, 5.41) is 4.94. The molecular weight excluding hydrogens is 350 g/mol. The smallest absolute Gasteiger partial charge is 0.313 e. The molecule has 1 aromatic carbocycles. The average molecular weight is 376 g/mol. The Kier molecular flexibility index (Phi) is 5.99. The van der Waals surface area contributed by atoms with Gasteiger partial charge in [0.15, 0.2) is 0 Å². The van der Waals surface area contributed by atoms with Crippen LogP contribution in [0.15, 0.2) is 36.7 Å². The third-order valence-electron chi connectivity index (χ3n) is 4.96. The van der Waals surface area contributed by atoms with Gasteiger partial charge in [0.05, 0.1) is 18.2 Å². The van der Waals surface area contributed by atoms with Gasteiger partial charge in [-0.25, -0.2) is 0 Å². The maximum atomic E-state index is 12.9. The number of likely N-dealkylation sites (tertiary alicyclic amines) is 1. The summed E-state index contributed by atoms with van der Waals surface area (Å²) in [5.41, 5.74) is 1.71. The summed E-state index contributed by atoms with van der Waals surface area (Å²) in [4.78, 5) is 15.2. The molecule has 1 unspecified atom stereocenters. The van der Waals surface area contributed by atoms with Crippen LogP contribution in [0, 0.1) is 5.41 Å².